The Balaban J connectivity index is 2.55. The van der Waals surface area contributed by atoms with Crippen LogP contribution in [0.1, 0.15) is 11.3 Å². The summed E-state index contributed by atoms with van der Waals surface area (Å²) in [5.74, 6) is 0.639. The van der Waals surface area contributed by atoms with Crippen LogP contribution in [0.25, 0.3) is 11.4 Å². The molecule has 2 rings (SSSR count). The summed E-state index contributed by atoms with van der Waals surface area (Å²) in [6.45, 7) is 3.72. The largest absolute Gasteiger partial charge is 0.494 e. The summed E-state index contributed by atoms with van der Waals surface area (Å²) >= 11 is 0. The molecular formula is C13H14FN3O. The van der Waals surface area contributed by atoms with E-state index in [-0.39, 0.29) is 5.75 Å². The van der Waals surface area contributed by atoms with Crippen LogP contribution in [-0.2, 0) is 0 Å². The number of aromatic nitrogens is 2. The number of nitrogens with two attached hydrogens (primary N) is 1. The van der Waals surface area contributed by atoms with Gasteiger partial charge in [-0.3, -0.25) is 0 Å². The van der Waals surface area contributed by atoms with Crippen LogP contribution in [-0.4, -0.2) is 17.1 Å². The van der Waals surface area contributed by atoms with E-state index >= 15 is 0 Å². The van der Waals surface area contributed by atoms with Gasteiger partial charge in [0, 0.05) is 16.8 Å². The number of benzene rings is 1. The van der Waals surface area contributed by atoms with Crippen molar-refractivity contribution in [1.82, 2.24) is 9.97 Å². The lowest BCUT2D eigenvalue weighted by Crippen LogP contribution is -2.02. The van der Waals surface area contributed by atoms with Gasteiger partial charge in [-0.25, -0.2) is 14.4 Å². The van der Waals surface area contributed by atoms with Crippen LogP contribution in [0.2, 0.25) is 0 Å². The van der Waals surface area contributed by atoms with Crippen LogP contribution >= 0.6 is 0 Å². The molecule has 2 aromatic rings. The average molecular weight is 247 g/mol. The summed E-state index contributed by atoms with van der Waals surface area (Å²) in [5.41, 5.74) is 8.13. The van der Waals surface area contributed by atoms with Gasteiger partial charge in [-0.1, -0.05) is 0 Å². The van der Waals surface area contributed by atoms with E-state index in [1.54, 1.807) is 12.1 Å². The molecule has 94 valence electrons. The first-order valence-electron chi connectivity index (χ1n) is 5.47. The van der Waals surface area contributed by atoms with Gasteiger partial charge in [0.15, 0.2) is 17.4 Å². The van der Waals surface area contributed by atoms with Crippen LogP contribution in [0.3, 0.4) is 0 Å². The van der Waals surface area contributed by atoms with E-state index in [0.29, 0.717) is 17.2 Å². The topological polar surface area (TPSA) is 61.0 Å². The highest BCUT2D eigenvalue weighted by Gasteiger charge is 2.10. The Bertz CT molecular complexity index is 576. The first-order chi connectivity index (χ1) is 8.52. The van der Waals surface area contributed by atoms with E-state index in [2.05, 4.69) is 9.97 Å². The Morgan fingerprint density at radius 3 is 2.56 bits per heavy atom. The van der Waals surface area contributed by atoms with Crippen LogP contribution in [0, 0.1) is 19.7 Å². The normalized spacial score (nSPS) is 10.4. The van der Waals surface area contributed by atoms with Crippen molar-refractivity contribution in [3.8, 4) is 17.1 Å². The van der Waals surface area contributed by atoms with Gasteiger partial charge < -0.3 is 10.5 Å². The highest BCUT2D eigenvalue weighted by molar-refractivity contribution is 5.60. The van der Waals surface area contributed by atoms with Crippen molar-refractivity contribution in [2.75, 3.05) is 12.8 Å². The maximum Gasteiger partial charge on any atom is 0.165 e. The quantitative estimate of drug-likeness (QED) is 0.885. The van der Waals surface area contributed by atoms with Crippen LogP contribution < -0.4 is 10.5 Å². The van der Waals surface area contributed by atoms with Crippen LogP contribution in [0.4, 0.5) is 10.2 Å². The predicted molar refractivity (Wildman–Crippen MR) is 67.9 cm³/mol. The van der Waals surface area contributed by atoms with Gasteiger partial charge in [-0.05, 0) is 32.0 Å². The zero-order chi connectivity index (χ0) is 13.3. The third kappa shape index (κ3) is 2.11. The summed E-state index contributed by atoms with van der Waals surface area (Å²) in [6, 6.07) is 4.48. The molecule has 0 aliphatic heterocycles. The van der Waals surface area contributed by atoms with E-state index in [0.717, 1.165) is 11.3 Å². The molecule has 0 saturated carbocycles. The minimum Gasteiger partial charge on any atom is -0.494 e. The number of methoxy groups -OCH3 is 1. The molecule has 5 heteroatoms. The Hall–Kier alpha value is -2.17. The molecule has 0 amide bonds. The summed E-state index contributed by atoms with van der Waals surface area (Å²) in [7, 11) is 1.41. The molecule has 0 spiro atoms. The second-order valence-corrected chi connectivity index (χ2v) is 3.99. The van der Waals surface area contributed by atoms with Crippen LogP contribution in [0.15, 0.2) is 18.2 Å². The fraction of sp³-hybridized carbons (Fsp3) is 0.231. The van der Waals surface area contributed by atoms with Gasteiger partial charge in [0.2, 0.25) is 0 Å². The van der Waals surface area contributed by atoms with Crippen molar-refractivity contribution in [2.24, 2.45) is 0 Å². The molecule has 0 fully saturated rings. The lowest BCUT2D eigenvalue weighted by molar-refractivity contribution is 0.387. The molecule has 0 aliphatic rings. The van der Waals surface area contributed by atoms with Gasteiger partial charge >= 0.3 is 0 Å². The lowest BCUT2D eigenvalue weighted by Gasteiger charge is -2.08. The van der Waals surface area contributed by atoms with Gasteiger partial charge in [-0.15, -0.1) is 0 Å². The number of hydrogen-bond donors (Lipinski definition) is 1. The Labute approximate surface area is 105 Å². The maximum absolute atomic E-state index is 13.3. The predicted octanol–water partition coefficient (Wildman–Crippen LogP) is 2.49. The lowest BCUT2D eigenvalue weighted by atomic mass is 10.1. The fourth-order valence-electron chi connectivity index (χ4n) is 1.58. The summed E-state index contributed by atoms with van der Waals surface area (Å²) in [6.07, 6.45) is 0. The third-order valence-corrected chi connectivity index (χ3v) is 2.84. The molecule has 18 heavy (non-hydrogen) atoms. The van der Waals surface area contributed by atoms with Gasteiger partial charge in [0.1, 0.15) is 5.82 Å². The summed E-state index contributed by atoms with van der Waals surface area (Å²) in [4.78, 5) is 8.54. The number of halogens is 1. The van der Waals surface area contributed by atoms with Gasteiger partial charge in [-0.2, -0.15) is 0 Å². The van der Waals surface area contributed by atoms with Gasteiger partial charge in [0.05, 0.1) is 7.11 Å². The smallest absolute Gasteiger partial charge is 0.165 e. The van der Waals surface area contributed by atoms with Crippen molar-refractivity contribution in [3.63, 3.8) is 0 Å². The molecule has 0 radical (unpaired) electrons. The molecule has 0 unspecified atom stereocenters. The zero-order valence-electron chi connectivity index (χ0n) is 10.5. The van der Waals surface area contributed by atoms with Crippen LogP contribution in [0.5, 0.6) is 5.75 Å². The molecule has 0 saturated heterocycles. The molecule has 0 atom stereocenters. The summed E-state index contributed by atoms with van der Waals surface area (Å²) < 4.78 is 18.2. The van der Waals surface area contributed by atoms with E-state index in [4.69, 9.17) is 10.5 Å². The monoisotopic (exact) mass is 247 g/mol. The van der Waals surface area contributed by atoms with E-state index in [1.165, 1.54) is 13.2 Å². The molecule has 1 aromatic carbocycles. The molecule has 0 aliphatic carbocycles. The van der Waals surface area contributed by atoms with Crippen molar-refractivity contribution >= 4 is 5.82 Å². The summed E-state index contributed by atoms with van der Waals surface area (Å²) in [5, 5.41) is 0. The van der Waals surface area contributed by atoms with Crippen molar-refractivity contribution in [2.45, 2.75) is 13.8 Å². The fourth-order valence-corrected chi connectivity index (χ4v) is 1.58. The second kappa shape index (κ2) is 4.60. The number of nitrogen functional groups attached to an aromatic ring is 1. The molecule has 2 N–H and O–H groups in total. The molecule has 1 heterocycles. The number of anilines is 1. The minimum atomic E-state index is -0.418. The molecule has 0 bridgehead atoms. The van der Waals surface area contributed by atoms with Gasteiger partial charge in [0.25, 0.3) is 0 Å². The number of aryl methyl sites for hydroxylation is 1. The average Bonchev–Trinajstić information content (AvgIpc) is 2.36. The highest BCUT2D eigenvalue weighted by Crippen LogP contribution is 2.25. The van der Waals surface area contributed by atoms with Crippen molar-refractivity contribution in [3.05, 3.63) is 35.3 Å². The molecule has 1 aromatic heterocycles. The zero-order valence-corrected chi connectivity index (χ0v) is 10.5. The first-order valence-corrected chi connectivity index (χ1v) is 5.47. The van der Waals surface area contributed by atoms with Crippen molar-refractivity contribution < 1.29 is 9.13 Å². The Kier molecular flexibility index (Phi) is 3.14. The maximum atomic E-state index is 13.3. The Morgan fingerprint density at radius 2 is 1.94 bits per heavy atom. The third-order valence-electron chi connectivity index (χ3n) is 2.84. The van der Waals surface area contributed by atoms with E-state index in [9.17, 15) is 4.39 Å². The van der Waals surface area contributed by atoms with Crippen molar-refractivity contribution in [1.29, 1.82) is 0 Å². The SMILES string of the molecule is COc1cc(-c2nc(C)c(C)c(N)n2)ccc1F. The van der Waals surface area contributed by atoms with E-state index in [1.807, 2.05) is 13.8 Å². The minimum absolute atomic E-state index is 0.160. The molecule has 4 nitrogen and oxygen atoms in total. The second-order valence-electron chi connectivity index (χ2n) is 3.99. The number of rotatable bonds is 2. The number of hydrogen-bond acceptors (Lipinski definition) is 4. The standard InChI is InChI=1S/C13H14FN3O/c1-7-8(2)16-13(17-12(7)15)9-4-5-10(14)11(6-9)18-3/h4-6H,1-3H3,(H2,15,16,17). The number of nitrogens with zero attached hydrogens (tertiary/aromatic N) is 2. The number of ether oxygens (including phenoxy) is 1. The highest BCUT2D eigenvalue weighted by atomic mass is 19.1. The Morgan fingerprint density at radius 1 is 1.22 bits per heavy atom. The van der Waals surface area contributed by atoms with E-state index < -0.39 is 5.82 Å². The molecular weight excluding hydrogens is 233 g/mol. The first kappa shape index (κ1) is 12.3.